The molecule has 0 saturated heterocycles. The third-order valence-electron chi connectivity index (χ3n) is 3.89. The third kappa shape index (κ3) is 1.51. The fourth-order valence-electron chi connectivity index (χ4n) is 3.07. The molecule has 2 fully saturated rings. The number of benzene rings is 1. The van der Waals surface area contributed by atoms with Crippen LogP contribution in [0.1, 0.15) is 30.4 Å². The first-order valence-electron chi connectivity index (χ1n) is 6.06. The van der Waals surface area contributed by atoms with Crippen LogP contribution >= 0.6 is 0 Å². The quantitative estimate of drug-likeness (QED) is 0.652. The van der Waals surface area contributed by atoms with Crippen LogP contribution in [0, 0.1) is 18.8 Å². The van der Waals surface area contributed by atoms with Crippen molar-refractivity contribution in [1.82, 2.24) is 0 Å². The van der Waals surface area contributed by atoms with E-state index in [-0.39, 0.29) is 0 Å². The first-order chi connectivity index (χ1) is 7.74. The first kappa shape index (κ1) is 9.83. The Balaban J connectivity index is 1.96. The molecule has 0 N–H and O–H groups in total. The molecule has 2 bridgehead atoms. The molecule has 2 unspecified atom stereocenters. The molecule has 82 valence electrons. The maximum Gasteiger partial charge on any atom is 0.162 e. The number of hydrogen-bond donors (Lipinski definition) is 0. The van der Waals surface area contributed by atoms with Crippen molar-refractivity contribution in [2.45, 2.75) is 26.2 Å². The zero-order valence-corrected chi connectivity index (χ0v) is 9.57. The predicted molar refractivity (Wildman–Crippen MR) is 65.0 cm³/mol. The summed E-state index contributed by atoms with van der Waals surface area (Å²) in [5, 5.41) is 0. The van der Waals surface area contributed by atoms with Crippen LogP contribution < -0.4 is 0 Å². The molecular weight excluding hydrogens is 196 g/mol. The molecule has 2 aliphatic carbocycles. The number of ketones is 1. The smallest absolute Gasteiger partial charge is 0.162 e. The number of carbonyl (C=O) groups excluding carboxylic acids is 1. The highest BCUT2D eigenvalue weighted by Gasteiger charge is 2.42. The van der Waals surface area contributed by atoms with Gasteiger partial charge in [-0.25, -0.2) is 0 Å². The molecule has 1 aromatic rings. The number of hydrogen-bond acceptors (Lipinski definition) is 1. The highest BCUT2D eigenvalue weighted by atomic mass is 16.1. The van der Waals surface area contributed by atoms with Gasteiger partial charge >= 0.3 is 0 Å². The fraction of sp³-hybridized carbons (Fsp3) is 0.400. The second kappa shape index (κ2) is 3.58. The average molecular weight is 212 g/mol. The van der Waals surface area contributed by atoms with Crippen molar-refractivity contribution in [3.05, 3.63) is 41.0 Å². The summed E-state index contributed by atoms with van der Waals surface area (Å²) in [6, 6.07) is 8.37. The van der Waals surface area contributed by atoms with Crippen LogP contribution in [-0.2, 0) is 4.79 Å². The molecule has 0 heterocycles. The molecule has 0 spiro atoms. The minimum absolute atomic E-state index is 0.348. The Morgan fingerprint density at radius 2 is 2.06 bits per heavy atom. The second-order valence-electron chi connectivity index (χ2n) is 5.08. The zero-order chi connectivity index (χ0) is 11.1. The lowest BCUT2D eigenvalue weighted by molar-refractivity contribution is -0.118. The summed E-state index contributed by atoms with van der Waals surface area (Å²) in [6.07, 6.45) is 5.55. The van der Waals surface area contributed by atoms with Crippen molar-refractivity contribution < 1.29 is 4.79 Å². The van der Waals surface area contributed by atoms with E-state index in [4.69, 9.17) is 0 Å². The number of carbonyl (C=O) groups is 1. The Morgan fingerprint density at radius 3 is 2.75 bits per heavy atom. The van der Waals surface area contributed by atoms with Gasteiger partial charge in [0.05, 0.1) is 0 Å². The van der Waals surface area contributed by atoms with Crippen LogP contribution in [0.2, 0.25) is 0 Å². The molecule has 2 saturated carbocycles. The Bertz CT molecular complexity index is 470. The van der Waals surface area contributed by atoms with Crippen LogP contribution in [0.15, 0.2) is 29.8 Å². The molecule has 2 atom stereocenters. The number of fused-ring (bicyclic) bond motifs is 2. The third-order valence-corrected chi connectivity index (χ3v) is 3.89. The van der Waals surface area contributed by atoms with Gasteiger partial charge in [-0.1, -0.05) is 29.8 Å². The van der Waals surface area contributed by atoms with E-state index in [0.29, 0.717) is 17.6 Å². The molecule has 1 aromatic carbocycles. The minimum atomic E-state index is 0.348. The van der Waals surface area contributed by atoms with E-state index in [0.717, 1.165) is 18.4 Å². The Labute approximate surface area is 96.2 Å². The van der Waals surface area contributed by atoms with Crippen molar-refractivity contribution in [2.75, 3.05) is 0 Å². The van der Waals surface area contributed by atoms with Gasteiger partial charge in [0.15, 0.2) is 5.78 Å². The highest BCUT2D eigenvalue weighted by molar-refractivity contribution is 6.04. The van der Waals surface area contributed by atoms with Gasteiger partial charge in [-0.2, -0.15) is 0 Å². The Morgan fingerprint density at radius 1 is 1.25 bits per heavy atom. The van der Waals surface area contributed by atoms with Crippen molar-refractivity contribution in [1.29, 1.82) is 0 Å². The fourth-order valence-corrected chi connectivity index (χ4v) is 3.07. The molecule has 16 heavy (non-hydrogen) atoms. The van der Waals surface area contributed by atoms with E-state index in [1.165, 1.54) is 17.5 Å². The molecule has 0 aliphatic heterocycles. The summed E-state index contributed by atoms with van der Waals surface area (Å²) in [6.45, 7) is 2.09. The topological polar surface area (TPSA) is 17.1 Å². The predicted octanol–water partition coefficient (Wildman–Crippen LogP) is 3.38. The summed E-state index contributed by atoms with van der Waals surface area (Å²) in [4.78, 5) is 12.0. The van der Waals surface area contributed by atoms with Crippen LogP contribution in [0.25, 0.3) is 6.08 Å². The van der Waals surface area contributed by atoms with Gasteiger partial charge in [-0.3, -0.25) is 4.79 Å². The standard InChI is InChI=1S/C15H16O/c1-10-3-2-4-11(7-10)8-14-12-5-6-13(9-12)15(14)16/h2-4,7-8,12-13H,5-6,9H2,1H3/b14-8+. The van der Waals surface area contributed by atoms with Crippen LogP contribution in [0.3, 0.4) is 0 Å². The van der Waals surface area contributed by atoms with Gasteiger partial charge in [-0.05, 0) is 49.3 Å². The van der Waals surface area contributed by atoms with Gasteiger partial charge in [0.1, 0.15) is 0 Å². The lowest BCUT2D eigenvalue weighted by Crippen LogP contribution is -2.11. The molecule has 0 amide bonds. The van der Waals surface area contributed by atoms with E-state index in [1.54, 1.807) is 0 Å². The molecule has 0 aromatic heterocycles. The first-order valence-corrected chi connectivity index (χ1v) is 6.06. The van der Waals surface area contributed by atoms with Gasteiger partial charge in [0.2, 0.25) is 0 Å². The molecule has 2 aliphatic rings. The van der Waals surface area contributed by atoms with Crippen molar-refractivity contribution in [2.24, 2.45) is 11.8 Å². The van der Waals surface area contributed by atoms with E-state index in [1.807, 2.05) is 0 Å². The van der Waals surface area contributed by atoms with Crippen LogP contribution in [-0.4, -0.2) is 5.78 Å². The van der Waals surface area contributed by atoms with Crippen molar-refractivity contribution in [3.8, 4) is 0 Å². The number of Topliss-reactive ketones (excluding diaryl/α,β-unsaturated/α-hetero) is 1. The minimum Gasteiger partial charge on any atom is -0.294 e. The monoisotopic (exact) mass is 212 g/mol. The number of rotatable bonds is 1. The van der Waals surface area contributed by atoms with Crippen molar-refractivity contribution >= 4 is 11.9 Å². The van der Waals surface area contributed by atoms with Crippen LogP contribution in [0.5, 0.6) is 0 Å². The number of allylic oxidation sites excluding steroid dienone is 1. The molecule has 0 radical (unpaired) electrons. The normalized spacial score (nSPS) is 30.3. The summed E-state index contributed by atoms with van der Waals surface area (Å²) in [5.41, 5.74) is 3.52. The summed E-state index contributed by atoms with van der Waals surface area (Å²) in [5.74, 6) is 1.32. The lowest BCUT2D eigenvalue weighted by atomic mass is 9.92. The van der Waals surface area contributed by atoms with Gasteiger partial charge < -0.3 is 0 Å². The van der Waals surface area contributed by atoms with E-state index in [9.17, 15) is 4.79 Å². The molecular formula is C15H16O. The second-order valence-corrected chi connectivity index (χ2v) is 5.08. The number of aryl methyl sites for hydroxylation is 1. The van der Waals surface area contributed by atoms with Gasteiger partial charge in [0, 0.05) is 5.92 Å². The van der Waals surface area contributed by atoms with E-state index in [2.05, 4.69) is 37.3 Å². The summed E-state index contributed by atoms with van der Waals surface area (Å²) in [7, 11) is 0. The summed E-state index contributed by atoms with van der Waals surface area (Å²) < 4.78 is 0. The summed E-state index contributed by atoms with van der Waals surface area (Å²) >= 11 is 0. The highest BCUT2D eigenvalue weighted by Crippen LogP contribution is 2.46. The maximum absolute atomic E-state index is 12.0. The maximum atomic E-state index is 12.0. The van der Waals surface area contributed by atoms with E-state index < -0.39 is 0 Å². The Kier molecular flexibility index (Phi) is 2.20. The Hall–Kier alpha value is -1.37. The largest absolute Gasteiger partial charge is 0.294 e. The van der Waals surface area contributed by atoms with E-state index >= 15 is 0 Å². The van der Waals surface area contributed by atoms with Gasteiger partial charge in [0.25, 0.3) is 0 Å². The lowest BCUT2D eigenvalue weighted by Gasteiger charge is -2.12. The molecule has 1 heteroatoms. The van der Waals surface area contributed by atoms with Crippen molar-refractivity contribution in [3.63, 3.8) is 0 Å². The molecule has 1 nitrogen and oxygen atoms in total. The SMILES string of the molecule is Cc1cccc(/C=C2/C(=O)C3CCC2C3)c1. The van der Waals surface area contributed by atoms with Crippen LogP contribution in [0.4, 0.5) is 0 Å². The zero-order valence-electron chi connectivity index (χ0n) is 9.57. The average Bonchev–Trinajstić information content (AvgIpc) is 2.82. The van der Waals surface area contributed by atoms with Gasteiger partial charge in [-0.15, -0.1) is 0 Å². The molecule has 3 rings (SSSR count).